The third kappa shape index (κ3) is 2.04. The Morgan fingerprint density at radius 3 is 2.80 bits per heavy atom. The number of aromatic nitrogens is 2. The lowest BCUT2D eigenvalue weighted by Crippen LogP contribution is -2.05. The number of benzene rings is 2. The molecule has 0 spiro atoms. The quantitative estimate of drug-likeness (QED) is 0.717. The summed E-state index contributed by atoms with van der Waals surface area (Å²) in [6.45, 7) is 2.64. The number of nitrogens with zero attached hydrogens (tertiary/aromatic N) is 2. The van der Waals surface area contributed by atoms with Gasteiger partial charge in [-0.1, -0.05) is 18.2 Å². The van der Waals surface area contributed by atoms with Crippen LogP contribution in [0.2, 0.25) is 0 Å². The first-order valence-corrected chi connectivity index (χ1v) is 6.63. The number of aryl methyl sites for hydroxylation is 1. The van der Waals surface area contributed by atoms with Crippen LogP contribution in [0.15, 0.2) is 42.5 Å². The average molecular weight is 267 g/mol. The number of aliphatic hydroxyl groups is 1. The van der Waals surface area contributed by atoms with E-state index >= 15 is 0 Å². The highest BCUT2D eigenvalue weighted by Crippen LogP contribution is 2.28. The maximum atomic E-state index is 9.32. The highest BCUT2D eigenvalue weighted by atomic mass is 16.3. The molecule has 0 radical (unpaired) electrons. The Morgan fingerprint density at radius 2 is 2.00 bits per heavy atom. The second kappa shape index (κ2) is 4.98. The molecule has 0 saturated heterocycles. The maximum absolute atomic E-state index is 9.32. The van der Waals surface area contributed by atoms with E-state index in [1.807, 2.05) is 54.0 Å². The molecule has 3 N–H and O–H groups in total. The Bertz CT molecular complexity index is 762. The Morgan fingerprint density at radius 1 is 1.20 bits per heavy atom. The molecule has 0 amide bonds. The lowest BCUT2D eigenvalue weighted by Gasteiger charge is -2.10. The van der Waals surface area contributed by atoms with Crippen molar-refractivity contribution in [3.63, 3.8) is 0 Å². The number of imidazole rings is 1. The van der Waals surface area contributed by atoms with E-state index in [0.29, 0.717) is 12.2 Å². The molecular weight excluding hydrogens is 250 g/mol. The van der Waals surface area contributed by atoms with Gasteiger partial charge in [-0.2, -0.15) is 0 Å². The van der Waals surface area contributed by atoms with Crippen molar-refractivity contribution in [3.05, 3.63) is 48.0 Å². The van der Waals surface area contributed by atoms with Crippen molar-refractivity contribution in [2.75, 3.05) is 12.3 Å². The fourth-order valence-corrected chi connectivity index (χ4v) is 2.49. The van der Waals surface area contributed by atoms with Crippen LogP contribution in [-0.4, -0.2) is 21.3 Å². The molecule has 3 rings (SSSR count). The molecule has 4 heteroatoms. The standard InChI is InChI=1S/C16H17N3O/c1-11-6-7-12(17)10-13(11)16-18-14-4-2-3-5-15(14)19(16)8-9-20/h2-7,10,20H,8-9,17H2,1H3. The molecular formula is C16H17N3O. The molecule has 1 aromatic heterocycles. The van der Waals surface area contributed by atoms with Gasteiger partial charge in [-0.15, -0.1) is 0 Å². The van der Waals surface area contributed by atoms with Crippen LogP contribution in [0.3, 0.4) is 0 Å². The smallest absolute Gasteiger partial charge is 0.141 e. The number of nitrogens with two attached hydrogens (primary N) is 1. The Labute approximate surface area is 117 Å². The molecule has 0 aliphatic rings. The normalized spacial score (nSPS) is 11.1. The van der Waals surface area contributed by atoms with Gasteiger partial charge in [-0.05, 0) is 36.8 Å². The molecule has 0 aliphatic carbocycles. The first-order valence-electron chi connectivity index (χ1n) is 6.63. The number of rotatable bonds is 3. The van der Waals surface area contributed by atoms with E-state index in [0.717, 1.165) is 28.0 Å². The van der Waals surface area contributed by atoms with E-state index in [2.05, 4.69) is 0 Å². The molecule has 3 aromatic rings. The van der Waals surface area contributed by atoms with E-state index in [9.17, 15) is 5.11 Å². The van der Waals surface area contributed by atoms with E-state index in [4.69, 9.17) is 10.7 Å². The maximum Gasteiger partial charge on any atom is 0.141 e. The van der Waals surface area contributed by atoms with Crippen molar-refractivity contribution in [2.45, 2.75) is 13.5 Å². The van der Waals surface area contributed by atoms with Gasteiger partial charge in [-0.25, -0.2) is 4.98 Å². The van der Waals surface area contributed by atoms with Crippen molar-refractivity contribution in [1.82, 2.24) is 9.55 Å². The minimum absolute atomic E-state index is 0.0781. The van der Waals surface area contributed by atoms with E-state index in [1.54, 1.807) is 0 Å². The number of aliphatic hydroxyl groups excluding tert-OH is 1. The minimum Gasteiger partial charge on any atom is -0.399 e. The van der Waals surface area contributed by atoms with Crippen LogP contribution in [0.4, 0.5) is 5.69 Å². The number of hydrogen-bond donors (Lipinski definition) is 2. The van der Waals surface area contributed by atoms with Gasteiger partial charge in [0.25, 0.3) is 0 Å². The van der Waals surface area contributed by atoms with E-state index < -0.39 is 0 Å². The molecule has 102 valence electrons. The SMILES string of the molecule is Cc1ccc(N)cc1-c1nc2ccccc2n1CCO. The summed E-state index contributed by atoms with van der Waals surface area (Å²) < 4.78 is 2.04. The third-order valence-corrected chi connectivity index (χ3v) is 3.48. The fourth-order valence-electron chi connectivity index (χ4n) is 2.49. The van der Waals surface area contributed by atoms with Crippen molar-refractivity contribution in [3.8, 4) is 11.4 Å². The fraction of sp³-hybridized carbons (Fsp3) is 0.188. The van der Waals surface area contributed by atoms with Gasteiger partial charge in [0.05, 0.1) is 17.6 Å². The molecule has 0 saturated carbocycles. The van der Waals surface area contributed by atoms with Crippen LogP contribution in [0.1, 0.15) is 5.56 Å². The highest BCUT2D eigenvalue weighted by molar-refractivity contribution is 5.81. The predicted molar refractivity (Wildman–Crippen MR) is 81.4 cm³/mol. The summed E-state index contributed by atoms with van der Waals surface area (Å²) in [6, 6.07) is 13.8. The molecule has 0 aliphatic heterocycles. The zero-order valence-electron chi connectivity index (χ0n) is 11.4. The molecule has 20 heavy (non-hydrogen) atoms. The number of nitrogen functional groups attached to an aromatic ring is 1. The van der Waals surface area contributed by atoms with Gasteiger partial charge in [0.1, 0.15) is 5.82 Å². The first kappa shape index (κ1) is 12.7. The van der Waals surface area contributed by atoms with E-state index in [1.165, 1.54) is 0 Å². The summed E-state index contributed by atoms with van der Waals surface area (Å²) in [7, 11) is 0. The summed E-state index contributed by atoms with van der Waals surface area (Å²) in [6.07, 6.45) is 0. The Kier molecular flexibility index (Phi) is 3.16. The second-order valence-electron chi connectivity index (χ2n) is 4.87. The molecule has 2 aromatic carbocycles. The summed E-state index contributed by atoms with van der Waals surface area (Å²) >= 11 is 0. The predicted octanol–water partition coefficient (Wildman–Crippen LogP) is 2.59. The van der Waals surface area contributed by atoms with Crippen LogP contribution in [0.25, 0.3) is 22.4 Å². The molecule has 0 atom stereocenters. The number of anilines is 1. The molecule has 0 bridgehead atoms. The van der Waals surface area contributed by atoms with Gasteiger partial charge in [0.15, 0.2) is 0 Å². The number of fused-ring (bicyclic) bond motifs is 1. The van der Waals surface area contributed by atoms with Crippen molar-refractivity contribution in [2.24, 2.45) is 0 Å². The summed E-state index contributed by atoms with van der Waals surface area (Å²) in [4.78, 5) is 4.70. The number of hydrogen-bond acceptors (Lipinski definition) is 3. The van der Waals surface area contributed by atoms with Crippen LogP contribution in [0.5, 0.6) is 0 Å². The van der Waals surface area contributed by atoms with Crippen molar-refractivity contribution >= 4 is 16.7 Å². The summed E-state index contributed by atoms with van der Waals surface area (Å²) in [5.74, 6) is 0.852. The Balaban J connectivity index is 2.29. The van der Waals surface area contributed by atoms with Crippen molar-refractivity contribution < 1.29 is 5.11 Å². The zero-order chi connectivity index (χ0) is 14.1. The lowest BCUT2D eigenvalue weighted by atomic mass is 10.1. The summed E-state index contributed by atoms with van der Waals surface area (Å²) in [5, 5.41) is 9.32. The van der Waals surface area contributed by atoms with Gasteiger partial charge in [-0.3, -0.25) is 0 Å². The van der Waals surface area contributed by atoms with Gasteiger partial charge in [0, 0.05) is 17.8 Å². The molecule has 1 heterocycles. The van der Waals surface area contributed by atoms with Gasteiger partial charge >= 0.3 is 0 Å². The largest absolute Gasteiger partial charge is 0.399 e. The van der Waals surface area contributed by atoms with Crippen LogP contribution >= 0.6 is 0 Å². The third-order valence-electron chi connectivity index (χ3n) is 3.48. The Hall–Kier alpha value is -2.33. The van der Waals surface area contributed by atoms with Crippen LogP contribution < -0.4 is 5.73 Å². The highest BCUT2D eigenvalue weighted by Gasteiger charge is 2.13. The first-order chi connectivity index (χ1) is 9.70. The number of para-hydroxylation sites is 2. The summed E-state index contributed by atoms with van der Waals surface area (Å²) in [5.41, 5.74) is 10.7. The zero-order valence-corrected chi connectivity index (χ0v) is 11.4. The van der Waals surface area contributed by atoms with Crippen LogP contribution in [0, 0.1) is 6.92 Å². The molecule has 0 unspecified atom stereocenters. The molecule has 0 fully saturated rings. The van der Waals surface area contributed by atoms with Crippen LogP contribution in [-0.2, 0) is 6.54 Å². The van der Waals surface area contributed by atoms with Gasteiger partial charge in [0.2, 0.25) is 0 Å². The molecule has 4 nitrogen and oxygen atoms in total. The second-order valence-corrected chi connectivity index (χ2v) is 4.87. The van der Waals surface area contributed by atoms with Gasteiger partial charge < -0.3 is 15.4 Å². The monoisotopic (exact) mass is 267 g/mol. The topological polar surface area (TPSA) is 64.1 Å². The van der Waals surface area contributed by atoms with E-state index in [-0.39, 0.29) is 6.61 Å². The van der Waals surface area contributed by atoms with Crippen molar-refractivity contribution in [1.29, 1.82) is 0 Å². The minimum atomic E-state index is 0.0781. The average Bonchev–Trinajstić information content (AvgIpc) is 2.81. The lowest BCUT2D eigenvalue weighted by molar-refractivity contribution is 0.278.